The molecule has 1 aromatic carbocycles. The van der Waals surface area contributed by atoms with Crippen LogP contribution in [0.4, 0.5) is 4.39 Å². The summed E-state index contributed by atoms with van der Waals surface area (Å²) in [6.45, 7) is 5.72. The molecule has 96 valence electrons. The first-order valence-corrected chi connectivity index (χ1v) is 6.09. The highest BCUT2D eigenvalue weighted by Gasteiger charge is 2.09. The summed E-state index contributed by atoms with van der Waals surface area (Å²) in [6.07, 6.45) is 0. The maximum atomic E-state index is 13.0. The van der Waals surface area contributed by atoms with Crippen molar-refractivity contribution in [2.24, 2.45) is 5.92 Å². The number of methoxy groups -OCH3 is 1. The molecule has 0 saturated heterocycles. The lowest BCUT2D eigenvalue weighted by molar-refractivity contribution is 0.157. The maximum absolute atomic E-state index is 13.0. The van der Waals surface area contributed by atoms with Crippen LogP contribution < -0.4 is 5.32 Å². The van der Waals surface area contributed by atoms with Crippen molar-refractivity contribution in [1.29, 1.82) is 0 Å². The fourth-order valence-corrected chi connectivity index (χ4v) is 1.81. The van der Waals surface area contributed by atoms with E-state index in [1.165, 1.54) is 6.07 Å². The minimum atomic E-state index is -0.379. The summed E-state index contributed by atoms with van der Waals surface area (Å²) in [5, 5.41) is 3.54. The number of halogens is 2. The van der Waals surface area contributed by atoms with E-state index in [0.717, 1.165) is 18.7 Å². The van der Waals surface area contributed by atoms with E-state index in [2.05, 4.69) is 12.2 Å². The van der Waals surface area contributed by atoms with Crippen LogP contribution in [0.1, 0.15) is 25.5 Å². The molecule has 1 rings (SSSR count). The Morgan fingerprint density at radius 3 is 2.71 bits per heavy atom. The third-order valence-electron chi connectivity index (χ3n) is 2.67. The number of rotatable bonds is 6. The molecule has 17 heavy (non-hydrogen) atoms. The molecule has 0 fully saturated rings. The minimum absolute atomic E-state index is 0.146. The van der Waals surface area contributed by atoms with E-state index in [4.69, 9.17) is 16.3 Å². The van der Waals surface area contributed by atoms with Crippen molar-refractivity contribution in [3.05, 3.63) is 34.6 Å². The number of benzene rings is 1. The van der Waals surface area contributed by atoms with Gasteiger partial charge in [-0.05, 0) is 30.5 Å². The third kappa shape index (κ3) is 4.62. The Balaban J connectivity index is 2.52. The summed E-state index contributed by atoms with van der Waals surface area (Å²) in [5.74, 6) is 0.0636. The highest BCUT2D eigenvalue weighted by Crippen LogP contribution is 2.20. The van der Waals surface area contributed by atoms with Crippen LogP contribution in [0, 0.1) is 11.7 Å². The highest BCUT2D eigenvalue weighted by atomic mass is 35.5. The lowest BCUT2D eigenvalue weighted by Crippen LogP contribution is -2.26. The van der Waals surface area contributed by atoms with Crippen molar-refractivity contribution in [2.75, 3.05) is 20.3 Å². The molecule has 0 bridgehead atoms. The van der Waals surface area contributed by atoms with Gasteiger partial charge in [-0.2, -0.15) is 0 Å². The van der Waals surface area contributed by atoms with Crippen molar-refractivity contribution in [2.45, 2.75) is 19.9 Å². The zero-order chi connectivity index (χ0) is 12.8. The average molecular weight is 260 g/mol. The van der Waals surface area contributed by atoms with Crippen molar-refractivity contribution in [3.63, 3.8) is 0 Å². The van der Waals surface area contributed by atoms with Crippen LogP contribution in [0.15, 0.2) is 18.2 Å². The van der Waals surface area contributed by atoms with Gasteiger partial charge in [-0.3, -0.25) is 0 Å². The van der Waals surface area contributed by atoms with Gasteiger partial charge in [-0.25, -0.2) is 4.39 Å². The molecule has 2 nitrogen and oxygen atoms in total. The molecule has 0 amide bonds. The summed E-state index contributed by atoms with van der Waals surface area (Å²) in [5.41, 5.74) is 0.987. The molecule has 2 unspecified atom stereocenters. The average Bonchev–Trinajstić information content (AvgIpc) is 2.30. The van der Waals surface area contributed by atoms with Crippen LogP contribution in [-0.4, -0.2) is 20.3 Å². The van der Waals surface area contributed by atoms with Crippen LogP contribution in [0.25, 0.3) is 0 Å². The highest BCUT2D eigenvalue weighted by molar-refractivity contribution is 6.30. The van der Waals surface area contributed by atoms with Crippen LogP contribution in [0.3, 0.4) is 0 Å². The Morgan fingerprint density at radius 2 is 2.12 bits per heavy atom. The smallest absolute Gasteiger partial charge is 0.141 e. The first kappa shape index (κ1) is 14.4. The molecule has 0 aliphatic rings. The van der Waals surface area contributed by atoms with Gasteiger partial charge in [0.1, 0.15) is 5.82 Å². The van der Waals surface area contributed by atoms with Gasteiger partial charge in [0.2, 0.25) is 0 Å². The summed E-state index contributed by atoms with van der Waals surface area (Å²) >= 11 is 5.75. The standard InChI is InChI=1S/C13H19ClFNO/c1-9(8-17-3)7-16-10(2)11-4-5-13(15)12(14)6-11/h4-6,9-10,16H,7-8H2,1-3H3. The number of nitrogens with one attached hydrogen (secondary N) is 1. The lowest BCUT2D eigenvalue weighted by Gasteiger charge is -2.18. The molecule has 0 heterocycles. The predicted molar refractivity (Wildman–Crippen MR) is 68.9 cm³/mol. The normalized spacial score (nSPS) is 14.6. The Hall–Kier alpha value is -0.640. The molecule has 1 N–H and O–H groups in total. The molecular formula is C13H19ClFNO. The van der Waals surface area contributed by atoms with Gasteiger partial charge in [-0.1, -0.05) is 24.6 Å². The topological polar surface area (TPSA) is 21.3 Å². The first-order chi connectivity index (χ1) is 8.04. The van der Waals surface area contributed by atoms with Gasteiger partial charge >= 0.3 is 0 Å². The summed E-state index contributed by atoms with van der Waals surface area (Å²) < 4.78 is 18.1. The molecule has 0 aliphatic heterocycles. The summed E-state index contributed by atoms with van der Waals surface area (Å²) in [6, 6.07) is 4.96. The van der Waals surface area contributed by atoms with Gasteiger partial charge in [-0.15, -0.1) is 0 Å². The summed E-state index contributed by atoms with van der Waals surface area (Å²) in [4.78, 5) is 0. The fraction of sp³-hybridized carbons (Fsp3) is 0.538. The zero-order valence-electron chi connectivity index (χ0n) is 10.5. The van der Waals surface area contributed by atoms with Crippen LogP contribution in [0.2, 0.25) is 5.02 Å². The predicted octanol–water partition coefficient (Wildman–Crippen LogP) is 3.41. The van der Waals surface area contributed by atoms with Crippen LogP contribution in [0.5, 0.6) is 0 Å². The van der Waals surface area contributed by atoms with E-state index in [1.807, 2.05) is 6.92 Å². The van der Waals surface area contributed by atoms with Gasteiger partial charge in [0, 0.05) is 26.3 Å². The fourth-order valence-electron chi connectivity index (χ4n) is 1.62. The number of ether oxygens (including phenoxy) is 1. The molecule has 0 aromatic heterocycles. The van der Waals surface area contributed by atoms with Gasteiger partial charge in [0.05, 0.1) is 5.02 Å². The number of hydrogen-bond donors (Lipinski definition) is 1. The van der Waals surface area contributed by atoms with Crippen molar-refractivity contribution in [3.8, 4) is 0 Å². The van der Waals surface area contributed by atoms with Crippen molar-refractivity contribution < 1.29 is 9.13 Å². The van der Waals surface area contributed by atoms with E-state index in [-0.39, 0.29) is 16.9 Å². The van der Waals surface area contributed by atoms with Crippen LogP contribution in [-0.2, 0) is 4.74 Å². The molecule has 0 spiro atoms. The Bertz CT molecular complexity index is 359. The summed E-state index contributed by atoms with van der Waals surface area (Å²) in [7, 11) is 1.69. The van der Waals surface area contributed by atoms with Crippen molar-refractivity contribution >= 4 is 11.6 Å². The van der Waals surface area contributed by atoms with E-state index < -0.39 is 0 Å². The van der Waals surface area contributed by atoms with E-state index in [1.54, 1.807) is 19.2 Å². The Kier molecular flexibility index (Phi) is 5.89. The molecule has 0 radical (unpaired) electrons. The van der Waals surface area contributed by atoms with E-state index in [0.29, 0.717) is 5.92 Å². The number of hydrogen-bond acceptors (Lipinski definition) is 2. The second-order valence-corrected chi connectivity index (χ2v) is 4.77. The first-order valence-electron chi connectivity index (χ1n) is 5.72. The Morgan fingerprint density at radius 1 is 1.41 bits per heavy atom. The molecule has 2 atom stereocenters. The van der Waals surface area contributed by atoms with Crippen LogP contribution >= 0.6 is 11.6 Å². The molecular weight excluding hydrogens is 241 g/mol. The quantitative estimate of drug-likeness (QED) is 0.845. The SMILES string of the molecule is COCC(C)CNC(C)c1ccc(F)c(Cl)c1. The zero-order valence-corrected chi connectivity index (χ0v) is 11.2. The second kappa shape index (κ2) is 6.94. The Labute approximate surface area is 107 Å². The second-order valence-electron chi connectivity index (χ2n) is 4.36. The largest absolute Gasteiger partial charge is 0.384 e. The molecule has 4 heteroatoms. The van der Waals surface area contributed by atoms with E-state index >= 15 is 0 Å². The molecule has 1 aromatic rings. The lowest BCUT2D eigenvalue weighted by atomic mass is 10.1. The van der Waals surface area contributed by atoms with Crippen molar-refractivity contribution in [1.82, 2.24) is 5.32 Å². The monoisotopic (exact) mass is 259 g/mol. The third-order valence-corrected chi connectivity index (χ3v) is 2.96. The van der Waals surface area contributed by atoms with Gasteiger partial charge < -0.3 is 10.1 Å². The minimum Gasteiger partial charge on any atom is -0.384 e. The molecule has 0 aliphatic carbocycles. The van der Waals surface area contributed by atoms with Gasteiger partial charge in [0.25, 0.3) is 0 Å². The van der Waals surface area contributed by atoms with Gasteiger partial charge in [0.15, 0.2) is 0 Å². The molecule has 0 saturated carbocycles. The maximum Gasteiger partial charge on any atom is 0.141 e. The van der Waals surface area contributed by atoms with E-state index in [9.17, 15) is 4.39 Å².